The maximum absolute atomic E-state index is 7.01. The summed E-state index contributed by atoms with van der Waals surface area (Å²) < 4.78 is 9.33. The predicted octanol–water partition coefficient (Wildman–Crippen LogP) is 11.4. The summed E-state index contributed by atoms with van der Waals surface area (Å²) in [6.45, 7) is 24.8. The largest absolute Gasteiger partial charge is 0.453 e. The number of fused-ring (bicyclic) bond motifs is 6. The summed E-state index contributed by atoms with van der Waals surface area (Å²) >= 11 is 0. The molecule has 2 aromatic carbocycles. The zero-order valence-corrected chi connectivity index (χ0v) is 31.5. The first kappa shape index (κ1) is 35.7. The van der Waals surface area contributed by atoms with Crippen LogP contribution < -0.4 is 10.6 Å². The van der Waals surface area contributed by atoms with Crippen molar-refractivity contribution in [3.63, 3.8) is 0 Å². The van der Waals surface area contributed by atoms with Crippen molar-refractivity contribution in [1.82, 2.24) is 19.4 Å². The highest BCUT2D eigenvalue weighted by Crippen LogP contribution is 2.36. The topological polar surface area (TPSA) is 56.2 Å². The van der Waals surface area contributed by atoms with E-state index in [0.717, 1.165) is 82.3 Å². The molecule has 0 amide bonds. The van der Waals surface area contributed by atoms with Gasteiger partial charge in [0.15, 0.2) is 22.7 Å². The van der Waals surface area contributed by atoms with E-state index < -0.39 is 0 Å². The Bertz CT molecular complexity index is 2790. The van der Waals surface area contributed by atoms with Gasteiger partial charge in [0.2, 0.25) is 0 Å². The molecule has 0 aliphatic carbocycles. The van der Waals surface area contributed by atoms with E-state index in [2.05, 4.69) is 131 Å². The first-order valence-electron chi connectivity index (χ1n) is 17.7. The molecule has 0 radical (unpaired) electrons. The van der Waals surface area contributed by atoms with E-state index in [1.54, 1.807) is 0 Å². The second kappa shape index (κ2) is 15.0. The van der Waals surface area contributed by atoms with Gasteiger partial charge in [-0.05, 0) is 101 Å². The zero-order valence-electron chi connectivity index (χ0n) is 31.5. The summed E-state index contributed by atoms with van der Waals surface area (Å²) in [4.78, 5) is 15.3. The Balaban J connectivity index is 1.86. The molecule has 260 valence electrons. The lowest BCUT2D eigenvalue weighted by atomic mass is 10.1. The Morgan fingerprint density at radius 2 is 1.52 bits per heavy atom. The molecule has 6 aromatic rings. The van der Waals surface area contributed by atoms with Crippen LogP contribution in [0.4, 0.5) is 0 Å². The minimum absolute atomic E-state index is 0.525. The van der Waals surface area contributed by atoms with Crippen molar-refractivity contribution in [3.8, 4) is 0 Å². The van der Waals surface area contributed by atoms with Crippen LogP contribution in [0.3, 0.4) is 0 Å². The van der Waals surface area contributed by atoms with Crippen LogP contribution in [-0.4, -0.2) is 19.4 Å². The average molecular weight is 683 g/mol. The van der Waals surface area contributed by atoms with E-state index in [1.807, 2.05) is 51.2 Å². The predicted molar refractivity (Wildman–Crippen MR) is 225 cm³/mol. The first-order valence-corrected chi connectivity index (χ1v) is 17.7. The number of hydrogen-bond acceptors (Lipinski definition) is 4. The molecule has 5 nitrogen and oxygen atoms in total. The van der Waals surface area contributed by atoms with E-state index in [-0.39, 0.29) is 0 Å². The van der Waals surface area contributed by atoms with Crippen LogP contribution in [0.1, 0.15) is 69.8 Å². The summed E-state index contributed by atoms with van der Waals surface area (Å²) in [7, 11) is 0. The van der Waals surface area contributed by atoms with Crippen molar-refractivity contribution < 1.29 is 4.42 Å². The Kier molecular flexibility index (Phi) is 10.3. The summed E-state index contributed by atoms with van der Waals surface area (Å²) in [6, 6.07) is 15.0. The lowest BCUT2D eigenvalue weighted by Crippen LogP contribution is -2.12. The molecule has 0 aliphatic rings. The molecule has 52 heavy (non-hydrogen) atoms. The van der Waals surface area contributed by atoms with Crippen LogP contribution in [0.2, 0.25) is 0 Å². The fraction of sp³-hybridized carbons (Fsp3) is 0.170. The van der Waals surface area contributed by atoms with Crippen LogP contribution in [0, 0.1) is 13.8 Å². The Labute approximate surface area is 305 Å². The van der Waals surface area contributed by atoms with Gasteiger partial charge in [0.05, 0.1) is 10.7 Å². The van der Waals surface area contributed by atoms with Crippen molar-refractivity contribution >= 4 is 79.4 Å². The van der Waals surface area contributed by atoms with Crippen molar-refractivity contribution in [2.45, 2.75) is 55.4 Å². The molecule has 0 spiro atoms. The average Bonchev–Trinajstić information content (AvgIpc) is 3.67. The van der Waals surface area contributed by atoms with Gasteiger partial charge in [-0.25, -0.2) is 15.0 Å². The quantitative estimate of drug-likeness (QED) is 0.157. The van der Waals surface area contributed by atoms with E-state index in [0.29, 0.717) is 22.7 Å². The molecule has 5 heteroatoms. The SMILES string of the molecule is C=CC(=C\C=C/C)/C(C)=C/C=C(\C)c1nc2nc(n1)c1cccc(c1)c(C)c/c(=C\C)n1c(C)c(/C=C\C)c3ccc4c(C=C)c(oc4c31)/c2=C\C. The van der Waals surface area contributed by atoms with Gasteiger partial charge in [-0.3, -0.25) is 0 Å². The number of hydrogen-bond donors (Lipinski definition) is 0. The van der Waals surface area contributed by atoms with Gasteiger partial charge in [0.1, 0.15) is 5.58 Å². The molecular weight excluding hydrogens is 637 g/mol. The summed E-state index contributed by atoms with van der Waals surface area (Å²) in [6.07, 6.45) is 22.4. The number of benzene rings is 2. The Hall–Kier alpha value is -6.07. The summed E-state index contributed by atoms with van der Waals surface area (Å²) in [5.74, 6) is 0.582. The molecular formula is C47H46N4O. The number of allylic oxidation sites excluding steroid dienone is 10. The molecule has 0 aliphatic heterocycles. The normalized spacial score (nSPS) is 14.0. The van der Waals surface area contributed by atoms with Gasteiger partial charge in [-0.15, -0.1) is 0 Å². The van der Waals surface area contributed by atoms with E-state index in [1.165, 1.54) is 0 Å². The van der Waals surface area contributed by atoms with Crippen LogP contribution in [-0.2, 0) is 0 Å². The molecule has 0 N–H and O–H groups in total. The molecule has 0 unspecified atom stereocenters. The number of rotatable bonds is 7. The number of nitrogens with zero attached hydrogens (tertiary/aromatic N) is 4. The highest BCUT2D eigenvalue weighted by Gasteiger charge is 2.19. The van der Waals surface area contributed by atoms with Crippen molar-refractivity contribution in [3.05, 3.63) is 148 Å². The van der Waals surface area contributed by atoms with Crippen molar-refractivity contribution in [1.29, 1.82) is 0 Å². The maximum Gasteiger partial charge on any atom is 0.167 e. The first-order chi connectivity index (χ1) is 25.2. The molecule has 0 saturated heterocycles. The van der Waals surface area contributed by atoms with E-state index in [9.17, 15) is 0 Å². The Morgan fingerprint density at radius 1 is 0.769 bits per heavy atom. The molecule has 0 atom stereocenters. The number of furan rings is 1. The maximum atomic E-state index is 7.01. The van der Waals surface area contributed by atoms with E-state index >= 15 is 0 Å². The lowest BCUT2D eigenvalue weighted by molar-refractivity contribution is 0.666. The molecule has 6 rings (SSSR count). The van der Waals surface area contributed by atoms with Crippen LogP contribution in [0.15, 0.2) is 114 Å². The Morgan fingerprint density at radius 3 is 2.21 bits per heavy atom. The monoisotopic (exact) mass is 682 g/mol. The van der Waals surface area contributed by atoms with Crippen LogP contribution in [0.25, 0.3) is 79.4 Å². The zero-order chi connectivity index (χ0) is 37.1. The third-order valence-electron chi connectivity index (χ3n) is 9.63. The minimum atomic E-state index is 0.525. The van der Waals surface area contributed by atoms with Gasteiger partial charge in [0.25, 0.3) is 0 Å². The summed E-state index contributed by atoms with van der Waals surface area (Å²) in [5, 5.41) is 5.89. The number of aromatic nitrogens is 4. The van der Waals surface area contributed by atoms with Crippen molar-refractivity contribution in [2.24, 2.45) is 0 Å². The van der Waals surface area contributed by atoms with Crippen molar-refractivity contribution in [2.75, 3.05) is 0 Å². The van der Waals surface area contributed by atoms with Gasteiger partial charge < -0.3 is 8.82 Å². The van der Waals surface area contributed by atoms with E-state index in [4.69, 9.17) is 19.4 Å². The van der Waals surface area contributed by atoms with Gasteiger partial charge in [0, 0.05) is 38.3 Å². The standard InChI is InChI=1S/C47H46N4O/c1-11-17-20-33(13-3)29(7)23-24-30(8)45-48-46-35-22-18-21-34(28-35)31(9)27-36(14-4)51-32(10)39(19-12-2)40-25-26-41-37(15-5)43(52-44(41)42(40)51)38(16-6)47(49-45)50-46/h11-28H,3,5H2,1-2,4,6-10H3/b17-11-,19-12-,29-23+,30-24+,31-27?,33-20+,36-14+,38-16+. The molecule has 0 fully saturated rings. The van der Waals surface area contributed by atoms with Gasteiger partial charge in [-0.1, -0.05) is 104 Å². The lowest BCUT2D eigenvalue weighted by Gasteiger charge is -2.04. The molecule has 0 saturated carbocycles. The fourth-order valence-corrected chi connectivity index (χ4v) is 6.82. The summed E-state index contributed by atoms with van der Waals surface area (Å²) in [5.41, 5.74) is 10.9. The third-order valence-corrected chi connectivity index (χ3v) is 9.63. The minimum Gasteiger partial charge on any atom is -0.453 e. The highest BCUT2D eigenvalue weighted by atomic mass is 16.3. The van der Waals surface area contributed by atoms with Crippen LogP contribution in [0.5, 0.6) is 0 Å². The third kappa shape index (κ3) is 6.35. The molecule has 6 bridgehead atoms. The smallest absolute Gasteiger partial charge is 0.167 e. The molecule has 4 heterocycles. The highest BCUT2D eigenvalue weighted by molar-refractivity contribution is 6.11. The second-order valence-corrected chi connectivity index (χ2v) is 12.9. The number of aryl methyl sites for hydroxylation is 2. The second-order valence-electron chi connectivity index (χ2n) is 12.9. The van der Waals surface area contributed by atoms with Crippen LogP contribution >= 0.6 is 0 Å². The van der Waals surface area contributed by atoms with Gasteiger partial charge in [-0.2, -0.15) is 0 Å². The fourth-order valence-electron chi connectivity index (χ4n) is 6.82. The van der Waals surface area contributed by atoms with Gasteiger partial charge >= 0.3 is 0 Å². The molecule has 4 aromatic heterocycles.